The lowest BCUT2D eigenvalue weighted by atomic mass is 9.94. The highest BCUT2D eigenvalue weighted by molar-refractivity contribution is 7.91. The first-order valence-electron chi connectivity index (χ1n) is 7.98. The Kier molecular flexibility index (Phi) is 5.43. The third kappa shape index (κ3) is 4.07. The fourth-order valence-electron chi connectivity index (χ4n) is 3.16. The Morgan fingerprint density at radius 1 is 1.43 bits per heavy atom. The number of rotatable bonds is 7. The number of sulfone groups is 1. The lowest BCUT2D eigenvalue weighted by Gasteiger charge is -2.23. The Balaban J connectivity index is 2.14. The van der Waals surface area contributed by atoms with E-state index in [4.69, 9.17) is 0 Å². The molecule has 0 amide bonds. The van der Waals surface area contributed by atoms with Crippen LogP contribution in [0.2, 0.25) is 0 Å². The molecule has 21 heavy (non-hydrogen) atoms. The summed E-state index contributed by atoms with van der Waals surface area (Å²) >= 11 is 0. The zero-order valence-electron chi connectivity index (χ0n) is 13.3. The predicted molar refractivity (Wildman–Crippen MR) is 85.2 cm³/mol. The Hall–Kier alpha value is -0.880. The molecule has 0 radical (unpaired) electrons. The van der Waals surface area contributed by atoms with E-state index < -0.39 is 9.84 Å². The lowest BCUT2D eigenvalue weighted by molar-refractivity contribution is 0.377. The molecule has 1 saturated heterocycles. The standard InChI is InChI=1S/C15H27N3O2S/c1-4-13-9-14(18(6-3)17-13)10-15(16-5-2)12-7-8-21(19,20)11-12/h9,12,15-16H,4-8,10-11H2,1-3H3. The number of nitrogens with one attached hydrogen (secondary N) is 1. The van der Waals surface area contributed by atoms with Crippen molar-refractivity contribution < 1.29 is 8.42 Å². The number of hydrogen-bond acceptors (Lipinski definition) is 4. The molecular weight excluding hydrogens is 286 g/mol. The molecule has 120 valence electrons. The molecule has 2 heterocycles. The molecule has 2 atom stereocenters. The monoisotopic (exact) mass is 313 g/mol. The third-order valence-corrected chi connectivity index (χ3v) is 6.10. The van der Waals surface area contributed by atoms with Gasteiger partial charge in [-0.05, 0) is 38.3 Å². The van der Waals surface area contributed by atoms with E-state index in [2.05, 4.69) is 37.3 Å². The topological polar surface area (TPSA) is 64.0 Å². The van der Waals surface area contributed by atoms with E-state index in [0.29, 0.717) is 11.5 Å². The van der Waals surface area contributed by atoms with Crippen LogP contribution < -0.4 is 5.32 Å². The van der Waals surface area contributed by atoms with Crippen LogP contribution in [-0.2, 0) is 29.2 Å². The van der Waals surface area contributed by atoms with E-state index in [1.54, 1.807) is 0 Å². The van der Waals surface area contributed by atoms with Crippen LogP contribution in [-0.4, -0.2) is 42.3 Å². The number of nitrogens with zero attached hydrogens (tertiary/aromatic N) is 2. The van der Waals surface area contributed by atoms with Crippen LogP contribution in [0.1, 0.15) is 38.6 Å². The van der Waals surface area contributed by atoms with E-state index in [1.165, 1.54) is 5.69 Å². The van der Waals surface area contributed by atoms with Gasteiger partial charge in [-0.3, -0.25) is 4.68 Å². The van der Waals surface area contributed by atoms with E-state index in [-0.39, 0.29) is 12.0 Å². The normalized spacial score (nSPS) is 22.5. The quantitative estimate of drug-likeness (QED) is 0.827. The summed E-state index contributed by atoms with van der Waals surface area (Å²) in [5.74, 6) is 0.887. The minimum absolute atomic E-state index is 0.221. The average molecular weight is 313 g/mol. The summed E-state index contributed by atoms with van der Waals surface area (Å²) in [6.45, 7) is 8.00. The summed E-state index contributed by atoms with van der Waals surface area (Å²) in [5, 5.41) is 8.07. The van der Waals surface area contributed by atoms with Crippen molar-refractivity contribution in [2.75, 3.05) is 18.1 Å². The van der Waals surface area contributed by atoms with E-state index in [0.717, 1.165) is 38.0 Å². The van der Waals surface area contributed by atoms with Crippen LogP contribution in [0.3, 0.4) is 0 Å². The Bertz CT molecular complexity index is 565. The van der Waals surface area contributed by atoms with Crippen LogP contribution in [0.4, 0.5) is 0 Å². The van der Waals surface area contributed by atoms with Gasteiger partial charge in [0.05, 0.1) is 17.2 Å². The van der Waals surface area contributed by atoms with Gasteiger partial charge in [0.2, 0.25) is 0 Å². The van der Waals surface area contributed by atoms with Crippen LogP contribution in [0.25, 0.3) is 0 Å². The Morgan fingerprint density at radius 3 is 2.71 bits per heavy atom. The molecule has 1 aliphatic heterocycles. The van der Waals surface area contributed by atoms with Crippen molar-refractivity contribution in [1.29, 1.82) is 0 Å². The van der Waals surface area contributed by atoms with Gasteiger partial charge in [0.1, 0.15) is 0 Å². The smallest absolute Gasteiger partial charge is 0.150 e. The molecule has 0 aromatic carbocycles. The summed E-state index contributed by atoms with van der Waals surface area (Å²) in [5.41, 5.74) is 2.32. The van der Waals surface area contributed by atoms with Crippen molar-refractivity contribution in [2.45, 2.75) is 52.6 Å². The van der Waals surface area contributed by atoms with E-state index in [1.807, 2.05) is 4.68 Å². The molecule has 1 N–H and O–H groups in total. The van der Waals surface area contributed by atoms with Crippen LogP contribution in [0.5, 0.6) is 0 Å². The molecule has 5 nitrogen and oxygen atoms in total. The van der Waals surface area contributed by atoms with Gasteiger partial charge in [-0.15, -0.1) is 0 Å². The van der Waals surface area contributed by atoms with Crippen molar-refractivity contribution in [1.82, 2.24) is 15.1 Å². The molecule has 0 saturated carbocycles. The fraction of sp³-hybridized carbons (Fsp3) is 0.800. The first-order valence-corrected chi connectivity index (χ1v) is 9.80. The average Bonchev–Trinajstić information content (AvgIpc) is 3.01. The summed E-state index contributed by atoms with van der Waals surface area (Å²) in [6, 6.07) is 2.39. The lowest BCUT2D eigenvalue weighted by Crippen LogP contribution is -2.39. The van der Waals surface area contributed by atoms with Gasteiger partial charge in [0.15, 0.2) is 9.84 Å². The maximum Gasteiger partial charge on any atom is 0.150 e. The Morgan fingerprint density at radius 2 is 2.19 bits per heavy atom. The van der Waals surface area contributed by atoms with Crippen LogP contribution in [0, 0.1) is 5.92 Å². The molecule has 1 aromatic heterocycles. The van der Waals surface area contributed by atoms with Gasteiger partial charge in [0.25, 0.3) is 0 Å². The second kappa shape index (κ2) is 6.92. The zero-order chi connectivity index (χ0) is 15.5. The van der Waals surface area contributed by atoms with Gasteiger partial charge >= 0.3 is 0 Å². The molecule has 6 heteroatoms. The van der Waals surface area contributed by atoms with Crippen molar-refractivity contribution in [3.63, 3.8) is 0 Å². The largest absolute Gasteiger partial charge is 0.314 e. The van der Waals surface area contributed by atoms with Crippen molar-refractivity contribution in [3.05, 3.63) is 17.5 Å². The summed E-state index contributed by atoms with van der Waals surface area (Å²) < 4.78 is 25.5. The Labute approximate surface area is 128 Å². The molecule has 2 unspecified atom stereocenters. The molecule has 0 spiro atoms. The summed E-state index contributed by atoms with van der Waals surface area (Å²) in [6.07, 6.45) is 2.57. The zero-order valence-corrected chi connectivity index (χ0v) is 14.1. The van der Waals surface area contributed by atoms with Gasteiger partial charge in [-0.2, -0.15) is 5.10 Å². The molecule has 1 aromatic rings. The van der Waals surface area contributed by atoms with E-state index >= 15 is 0 Å². The molecule has 0 bridgehead atoms. The highest BCUT2D eigenvalue weighted by atomic mass is 32.2. The van der Waals surface area contributed by atoms with Crippen molar-refractivity contribution in [3.8, 4) is 0 Å². The maximum atomic E-state index is 11.7. The predicted octanol–water partition coefficient (Wildman–Crippen LogP) is 1.42. The molecule has 1 fully saturated rings. The second-order valence-electron chi connectivity index (χ2n) is 5.83. The third-order valence-electron chi connectivity index (χ3n) is 4.31. The number of aromatic nitrogens is 2. The van der Waals surface area contributed by atoms with Crippen LogP contribution >= 0.6 is 0 Å². The first-order chi connectivity index (χ1) is 9.99. The fourth-order valence-corrected chi connectivity index (χ4v) is 5.04. The van der Waals surface area contributed by atoms with E-state index in [9.17, 15) is 8.42 Å². The first kappa shape index (κ1) is 16.5. The van der Waals surface area contributed by atoms with Gasteiger partial charge in [0, 0.05) is 24.7 Å². The molecule has 1 aliphatic rings. The van der Waals surface area contributed by atoms with Crippen molar-refractivity contribution >= 4 is 9.84 Å². The minimum Gasteiger partial charge on any atom is -0.314 e. The number of aryl methyl sites for hydroxylation is 2. The highest BCUT2D eigenvalue weighted by Gasteiger charge is 2.33. The molecule has 2 rings (SSSR count). The number of likely N-dealkylation sites (N-methyl/N-ethyl adjacent to an activating group) is 1. The molecular formula is C15H27N3O2S. The van der Waals surface area contributed by atoms with Crippen LogP contribution in [0.15, 0.2) is 6.07 Å². The summed E-state index contributed by atoms with van der Waals surface area (Å²) in [4.78, 5) is 0. The maximum absolute atomic E-state index is 11.7. The SMILES string of the molecule is CCNC(Cc1cc(CC)nn1CC)C1CCS(=O)(=O)C1. The second-order valence-corrected chi connectivity index (χ2v) is 8.06. The minimum atomic E-state index is -2.83. The summed E-state index contributed by atoms with van der Waals surface area (Å²) in [7, 11) is -2.83. The van der Waals surface area contributed by atoms with Crippen molar-refractivity contribution in [2.24, 2.45) is 5.92 Å². The number of hydrogen-bond donors (Lipinski definition) is 1. The van der Waals surface area contributed by atoms with Gasteiger partial charge in [-0.25, -0.2) is 8.42 Å². The molecule has 0 aliphatic carbocycles. The van der Waals surface area contributed by atoms with Gasteiger partial charge < -0.3 is 5.32 Å². The highest BCUT2D eigenvalue weighted by Crippen LogP contribution is 2.24. The van der Waals surface area contributed by atoms with Gasteiger partial charge in [-0.1, -0.05) is 13.8 Å².